The van der Waals surface area contributed by atoms with E-state index in [-0.39, 0.29) is 0 Å². The standard InChI is InChI=1S/C13H25N3OS/c1-15-11-4-5-12(15)10-16(8-6-11)13(18)14-7-3-9-17-2/h11-12H,3-10H2,1-2H3,(H,14,18). The van der Waals surface area contributed by atoms with E-state index in [1.807, 2.05) is 0 Å². The van der Waals surface area contributed by atoms with Gasteiger partial charge in [0.2, 0.25) is 0 Å². The zero-order valence-electron chi connectivity index (χ0n) is 11.5. The Morgan fingerprint density at radius 1 is 1.33 bits per heavy atom. The van der Waals surface area contributed by atoms with Crippen LogP contribution in [0.1, 0.15) is 25.7 Å². The van der Waals surface area contributed by atoms with Gasteiger partial charge < -0.3 is 15.0 Å². The first-order valence-corrected chi connectivity index (χ1v) is 7.37. The number of thiocarbonyl (C=S) groups is 1. The minimum Gasteiger partial charge on any atom is -0.385 e. The van der Waals surface area contributed by atoms with Crippen molar-refractivity contribution >= 4 is 17.3 Å². The summed E-state index contributed by atoms with van der Waals surface area (Å²) in [6, 6.07) is 1.47. The van der Waals surface area contributed by atoms with Crippen molar-refractivity contribution < 1.29 is 4.74 Å². The summed E-state index contributed by atoms with van der Waals surface area (Å²) < 4.78 is 5.04. The van der Waals surface area contributed by atoms with Gasteiger partial charge >= 0.3 is 0 Å². The Kier molecular flexibility index (Phi) is 5.21. The Balaban J connectivity index is 1.77. The molecule has 18 heavy (non-hydrogen) atoms. The summed E-state index contributed by atoms with van der Waals surface area (Å²) >= 11 is 5.49. The first-order valence-electron chi connectivity index (χ1n) is 6.96. The molecule has 104 valence electrons. The zero-order valence-corrected chi connectivity index (χ0v) is 12.3. The number of hydrogen-bond acceptors (Lipinski definition) is 3. The second-order valence-corrected chi connectivity index (χ2v) is 5.75. The molecular formula is C13H25N3OS. The van der Waals surface area contributed by atoms with Crippen LogP contribution in [0, 0.1) is 0 Å². The van der Waals surface area contributed by atoms with Gasteiger partial charge in [0.25, 0.3) is 0 Å². The fraction of sp³-hybridized carbons (Fsp3) is 0.923. The molecule has 1 N–H and O–H groups in total. The molecule has 0 radical (unpaired) electrons. The minimum absolute atomic E-state index is 0.691. The van der Waals surface area contributed by atoms with Crippen LogP contribution < -0.4 is 5.32 Å². The molecule has 0 saturated carbocycles. The molecule has 0 aliphatic carbocycles. The van der Waals surface area contributed by atoms with Crippen molar-refractivity contribution in [2.24, 2.45) is 0 Å². The predicted molar refractivity (Wildman–Crippen MR) is 77.9 cm³/mol. The van der Waals surface area contributed by atoms with Gasteiger partial charge in [0.15, 0.2) is 5.11 Å². The van der Waals surface area contributed by atoms with E-state index >= 15 is 0 Å². The maximum absolute atomic E-state index is 5.49. The van der Waals surface area contributed by atoms with Crippen LogP contribution in [0.5, 0.6) is 0 Å². The summed E-state index contributed by atoms with van der Waals surface area (Å²) in [6.07, 6.45) is 4.94. The highest BCUT2D eigenvalue weighted by molar-refractivity contribution is 7.80. The van der Waals surface area contributed by atoms with E-state index in [2.05, 4.69) is 22.2 Å². The number of fused-ring (bicyclic) bond motifs is 2. The number of nitrogens with one attached hydrogen (secondary N) is 1. The molecule has 5 heteroatoms. The molecule has 2 heterocycles. The van der Waals surface area contributed by atoms with Gasteiger partial charge in [0, 0.05) is 45.4 Å². The summed E-state index contributed by atoms with van der Waals surface area (Å²) in [5, 5.41) is 4.27. The van der Waals surface area contributed by atoms with Crippen LogP contribution in [0.3, 0.4) is 0 Å². The molecule has 2 unspecified atom stereocenters. The van der Waals surface area contributed by atoms with Crippen molar-refractivity contribution in [3.8, 4) is 0 Å². The number of methoxy groups -OCH3 is 1. The van der Waals surface area contributed by atoms with E-state index in [1.165, 1.54) is 19.3 Å². The third-order valence-corrected chi connectivity index (χ3v) is 4.64. The maximum atomic E-state index is 5.49. The molecule has 4 nitrogen and oxygen atoms in total. The quantitative estimate of drug-likeness (QED) is 0.610. The lowest BCUT2D eigenvalue weighted by Crippen LogP contribution is -2.44. The SMILES string of the molecule is COCCCNC(=S)N1CCC2CCC(C1)N2C. The number of likely N-dealkylation sites (N-methyl/N-ethyl adjacent to an activating group) is 1. The van der Waals surface area contributed by atoms with Gasteiger partial charge in [-0.25, -0.2) is 0 Å². The normalized spacial score (nSPS) is 28.2. The van der Waals surface area contributed by atoms with Crippen molar-refractivity contribution in [1.29, 1.82) is 0 Å². The largest absolute Gasteiger partial charge is 0.385 e. The highest BCUT2D eigenvalue weighted by atomic mass is 32.1. The molecule has 0 amide bonds. The fourth-order valence-corrected chi connectivity index (χ4v) is 3.28. The van der Waals surface area contributed by atoms with Gasteiger partial charge in [-0.2, -0.15) is 0 Å². The smallest absolute Gasteiger partial charge is 0.168 e. The van der Waals surface area contributed by atoms with Crippen LogP contribution in [-0.4, -0.2) is 67.4 Å². The van der Waals surface area contributed by atoms with E-state index in [1.54, 1.807) is 7.11 Å². The molecule has 2 atom stereocenters. The minimum atomic E-state index is 0.691. The summed E-state index contributed by atoms with van der Waals surface area (Å²) in [7, 11) is 4.00. The Bertz CT molecular complexity index is 287. The third kappa shape index (κ3) is 3.33. The van der Waals surface area contributed by atoms with Gasteiger partial charge in [-0.15, -0.1) is 0 Å². The third-order valence-electron chi connectivity index (χ3n) is 4.24. The first kappa shape index (κ1) is 14.0. The number of nitrogens with zero attached hydrogens (tertiary/aromatic N) is 2. The number of ether oxygens (including phenoxy) is 1. The number of likely N-dealkylation sites (tertiary alicyclic amines) is 1. The Labute approximate surface area is 116 Å². The zero-order chi connectivity index (χ0) is 13.0. The van der Waals surface area contributed by atoms with E-state index in [9.17, 15) is 0 Å². The summed E-state index contributed by atoms with van der Waals surface area (Å²) in [5.41, 5.74) is 0. The first-order chi connectivity index (χ1) is 8.72. The lowest BCUT2D eigenvalue weighted by Gasteiger charge is -2.28. The molecule has 2 rings (SSSR count). The molecule has 2 fully saturated rings. The summed E-state index contributed by atoms with van der Waals surface area (Å²) in [6.45, 7) is 3.89. The highest BCUT2D eigenvalue weighted by Gasteiger charge is 2.35. The molecule has 2 saturated heterocycles. The monoisotopic (exact) mass is 271 g/mol. The molecule has 2 bridgehead atoms. The van der Waals surface area contributed by atoms with E-state index in [0.29, 0.717) is 6.04 Å². The highest BCUT2D eigenvalue weighted by Crippen LogP contribution is 2.28. The second-order valence-electron chi connectivity index (χ2n) is 5.36. The van der Waals surface area contributed by atoms with Crippen molar-refractivity contribution in [3.05, 3.63) is 0 Å². The molecule has 0 aromatic rings. The fourth-order valence-electron chi connectivity index (χ4n) is 3.02. The number of rotatable bonds is 4. The topological polar surface area (TPSA) is 27.7 Å². The van der Waals surface area contributed by atoms with E-state index in [0.717, 1.165) is 43.8 Å². The van der Waals surface area contributed by atoms with Crippen LogP contribution in [0.4, 0.5) is 0 Å². The average molecular weight is 271 g/mol. The van der Waals surface area contributed by atoms with Crippen molar-refractivity contribution in [2.75, 3.05) is 40.4 Å². The van der Waals surface area contributed by atoms with Gasteiger partial charge in [-0.3, -0.25) is 4.90 Å². The molecule has 0 aromatic carbocycles. The van der Waals surface area contributed by atoms with Crippen molar-refractivity contribution in [2.45, 2.75) is 37.8 Å². The van der Waals surface area contributed by atoms with Crippen molar-refractivity contribution in [1.82, 2.24) is 15.1 Å². The lowest BCUT2D eigenvalue weighted by atomic mass is 10.1. The second kappa shape index (κ2) is 6.68. The molecule has 0 aromatic heterocycles. The summed E-state index contributed by atoms with van der Waals surface area (Å²) in [5.74, 6) is 0. The van der Waals surface area contributed by atoms with Crippen molar-refractivity contribution in [3.63, 3.8) is 0 Å². The van der Waals surface area contributed by atoms with Gasteiger partial charge in [-0.05, 0) is 44.9 Å². The van der Waals surface area contributed by atoms with Crippen LogP contribution >= 0.6 is 12.2 Å². The van der Waals surface area contributed by atoms with Crippen LogP contribution in [0.25, 0.3) is 0 Å². The predicted octanol–water partition coefficient (Wildman–Crippen LogP) is 1.07. The molecule has 2 aliphatic rings. The Morgan fingerprint density at radius 3 is 2.89 bits per heavy atom. The maximum Gasteiger partial charge on any atom is 0.168 e. The van der Waals surface area contributed by atoms with Crippen LogP contribution in [0.15, 0.2) is 0 Å². The lowest BCUT2D eigenvalue weighted by molar-refractivity contribution is 0.195. The van der Waals surface area contributed by atoms with E-state index < -0.39 is 0 Å². The van der Waals surface area contributed by atoms with Gasteiger partial charge in [0.1, 0.15) is 0 Å². The Morgan fingerprint density at radius 2 is 2.11 bits per heavy atom. The van der Waals surface area contributed by atoms with E-state index in [4.69, 9.17) is 17.0 Å². The van der Waals surface area contributed by atoms with Crippen LogP contribution in [-0.2, 0) is 4.74 Å². The van der Waals surface area contributed by atoms with Crippen LogP contribution in [0.2, 0.25) is 0 Å². The van der Waals surface area contributed by atoms with Gasteiger partial charge in [0.05, 0.1) is 0 Å². The number of hydrogen-bond donors (Lipinski definition) is 1. The molecule has 0 spiro atoms. The average Bonchev–Trinajstić information content (AvgIpc) is 2.59. The van der Waals surface area contributed by atoms with Gasteiger partial charge in [-0.1, -0.05) is 0 Å². The summed E-state index contributed by atoms with van der Waals surface area (Å²) in [4.78, 5) is 4.90. The molecule has 2 aliphatic heterocycles. The Hall–Kier alpha value is -0.390. The molecular weight excluding hydrogens is 246 g/mol.